The quantitative estimate of drug-likeness (QED) is 0.740. The zero-order chi connectivity index (χ0) is 16.1. The van der Waals surface area contributed by atoms with Gasteiger partial charge in [-0.25, -0.2) is 0 Å². The summed E-state index contributed by atoms with van der Waals surface area (Å²) < 4.78 is 0. The van der Waals surface area contributed by atoms with Gasteiger partial charge in [-0.05, 0) is 41.5 Å². The number of hydrogen-bond acceptors (Lipinski definition) is 2. The molecule has 0 spiro atoms. The number of hydrogen-bond donors (Lipinski definition) is 0. The topological polar surface area (TPSA) is 34.1 Å². The molecule has 0 aromatic heterocycles. The van der Waals surface area contributed by atoms with Crippen molar-refractivity contribution in [2.75, 3.05) is 0 Å². The molecule has 0 radical (unpaired) electrons. The Morgan fingerprint density at radius 2 is 1.22 bits per heavy atom. The van der Waals surface area contributed by atoms with Crippen LogP contribution in [0.15, 0.2) is 48.5 Å². The highest BCUT2D eigenvalue weighted by molar-refractivity contribution is 5.81. The number of carbonyl (C=O) groups is 2. The maximum absolute atomic E-state index is 12.2. The van der Waals surface area contributed by atoms with Gasteiger partial charge >= 0.3 is 0 Å². The van der Waals surface area contributed by atoms with Gasteiger partial charge in [0.2, 0.25) is 0 Å². The Kier molecular flexibility index (Phi) is 5.02. The van der Waals surface area contributed by atoms with Crippen molar-refractivity contribution in [2.24, 2.45) is 0 Å². The third-order valence-electron chi connectivity index (χ3n) is 4.43. The predicted octanol–water partition coefficient (Wildman–Crippen LogP) is 3.88. The first-order valence-corrected chi connectivity index (χ1v) is 8.38. The molecule has 2 nitrogen and oxygen atoms in total. The van der Waals surface area contributed by atoms with Gasteiger partial charge in [0, 0.05) is 25.7 Å². The van der Waals surface area contributed by atoms with Gasteiger partial charge in [-0.15, -0.1) is 0 Å². The monoisotopic (exact) mass is 306 g/mol. The van der Waals surface area contributed by atoms with Crippen LogP contribution in [0.4, 0.5) is 0 Å². The van der Waals surface area contributed by atoms with Gasteiger partial charge in [-0.1, -0.05) is 48.5 Å². The summed E-state index contributed by atoms with van der Waals surface area (Å²) in [6.07, 6.45) is 4.75. The van der Waals surface area contributed by atoms with E-state index in [0.717, 1.165) is 36.0 Å². The maximum atomic E-state index is 12.2. The summed E-state index contributed by atoms with van der Waals surface area (Å²) >= 11 is 0. The Balaban J connectivity index is 1.79. The van der Waals surface area contributed by atoms with Crippen LogP contribution in [0.2, 0.25) is 0 Å². The van der Waals surface area contributed by atoms with Crippen LogP contribution in [0, 0.1) is 0 Å². The van der Waals surface area contributed by atoms with Crippen molar-refractivity contribution < 1.29 is 9.59 Å². The lowest BCUT2D eigenvalue weighted by Gasteiger charge is -2.08. The molecule has 0 amide bonds. The molecule has 4 rings (SSSR count). The molecule has 0 fully saturated rings. The van der Waals surface area contributed by atoms with Gasteiger partial charge in [0.25, 0.3) is 0 Å². The number of ketones is 2. The second-order valence-electron chi connectivity index (χ2n) is 6.42. The summed E-state index contributed by atoms with van der Waals surface area (Å²) in [5, 5.41) is 0. The lowest BCUT2D eigenvalue weighted by Crippen LogP contribution is -2.07. The molecule has 23 heavy (non-hydrogen) atoms. The molecule has 2 aromatic carbocycles. The molecule has 0 aliphatic heterocycles. The van der Waals surface area contributed by atoms with Crippen LogP contribution in [0.3, 0.4) is 0 Å². The van der Waals surface area contributed by atoms with Gasteiger partial charge < -0.3 is 0 Å². The fourth-order valence-corrected chi connectivity index (χ4v) is 3.12. The molecule has 0 N–H and O–H groups in total. The van der Waals surface area contributed by atoms with E-state index in [1.165, 1.54) is 5.56 Å². The molecule has 0 heterocycles. The fraction of sp³-hybridized carbons (Fsp3) is 0.333. The standard InChI is InChI=1S/C21H22O2/c22-20-6-2-3-16-7-9-18(10-8-16)14-21(23)12-11-17-4-1-5-19(13-17)15-20/h1,4-5,7-10,13H,2-3,6,11-12,14-15H2. The summed E-state index contributed by atoms with van der Waals surface area (Å²) in [7, 11) is 0. The zero-order valence-electron chi connectivity index (χ0n) is 13.4. The van der Waals surface area contributed by atoms with E-state index in [-0.39, 0.29) is 5.78 Å². The SMILES string of the molecule is O=C1CCCc2ccc(cc2)CC(=O)CCc2cccc(c2)C1. The van der Waals surface area contributed by atoms with E-state index >= 15 is 0 Å². The Bertz CT molecular complexity index is 698. The zero-order valence-corrected chi connectivity index (χ0v) is 13.4. The van der Waals surface area contributed by atoms with E-state index in [2.05, 4.69) is 18.2 Å². The minimum Gasteiger partial charge on any atom is -0.299 e. The van der Waals surface area contributed by atoms with Crippen LogP contribution in [-0.2, 0) is 35.3 Å². The van der Waals surface area contributed by atoms with Crippen molar-refractivity contribution in [1.82, 2.24) is 0 Å². The first kappa shape index (κ1) is 15.7. The first-order valence-electron chi connectivity index (χ1n) is 8.38. The highest BCUT2D eigenvalue weighted by atomic mass is 16.1. The number of benzene rings is 2. The molecule has 0 saturated carbocycles. The lowest BCUT2D eigenvalue weighted by molar-refractivity contribution is -0.119. The van der Waals surface area contributed by atoms with Crippen molar-refractivity contribution in [3.63, 3.8) is 0 Å². The molecule has 2 aromatic rings. The molecule has 4 bridgehead atoms. The fourth-order valence-electron chi connectivity index (χ4n) is 3.12. The second-order valence-corrected chi connectivity index (χ2v) is 6.42. The average molecular weight is 306 g/mol. The molecule has 0 unspecified atom stereocenters. The molecule has 2 heteroatoms. The average Bonchev–Trinajstić information content (AvgIpc) is 2.54. The third-order valence-corrected chi connectivity index (χ3v) is 4.43. The van der Waals surface area contributed by atoms with Crippen molar-refractivity contribution in [3.8, 4) is 0 Å². The minimum atomic E-state index is 0.270. The van der Waals surface area contributed by atoms with E-state index < -0.39 is 0 Å². The molecule has 2 aliphatic carbocycles. The van der Waals surface area contributed by atoms with E-state index in [9.17, 15) is 9.59 Å². The second kappa shape index (κ2) is 7.36. The van der Waals surface area contributed by atoms with Crippen molar-refractivity contribution >= 4 is 11.6 Å². The van der Waals surface area contributed by atoms with E-state index in [0.29, 0.717) is 31.5 Å². The highest BCUT2D eigenvalue weighted by Crippen LogP contribution is 2.14. The largest absolute Gasteiger partial charge is 0.299 e. The maximum Gasteiger partial charge on any atom is 0.137 e. The summed E-state index contributed by atoms with van der Waals surface area (Å²) in [5.41, 5.74) is 4.53. The van der Waals surface area contributed by atoms with Crippen LogP contribution >= 0.6 is 0 Å². The van der Waals surface area contributed by atoms with Gasteiger partial charge in [0.05, 0.1) is 0 Å². The van der Waals surface area contributed by atoms with E-state index in [1.54, 1.807) is 0 Å². The summed E-state index contributed by atoms with van der Waals surface area (Å²) in [6, 6.07) is 16.4. The highest BCUT2D eigenvalue weighted by Gasteiger charge is 2.09. The summed E-state index contributed by atoms with van der Waals surface area (Å²) in [6.45, 7) is 0. The van der Waals surface area contributed by atoms with E-state index in [1.807, 2.05) is 30.3 Å². The van der Waals surface area contributed by atoms with Gasteiger partial charge in [0.1, 0.15) is 11.6 Å². The molecular weight excluding hydrogens is 284 g/mol. The molecular formula is C21H22O2. The molecule has 0 atom stereocenters. The number of fused-ring (bicyclic) bond motifs is 9. The van der Waals surface area contributed by atoms with Crippen molar-refractivity contribution in [1.29, 1.82) is 0 Å². The van der Waals surface area contributed by atoms with E-state index in [4.69, 9.17) is 0 Å². The summed E-state index contributed by atoms with van der Waals surface area (Å²) in [5.74, 6) is 0.563. The van der Waals surface area contributed by atoms with Crippen LogP contribution in [-0.4, -0.2) is 11.6 Å². The normalized spacial score (nSPS) is 16.5. The van der Waals surface area contributed by atoms with Crippen LogP contribution in [0.1, 0.15) is 41.5 Å². The van der Waals surface area contributed by atoms with Crippen molar-refractivity contribution in [3.05, 3.63) is 70.8 Å². The van der Waals surface area contributed by atoms with Crippen molar-refractivity contribution in [2.45, 2.75) is 44.9 Å². The van der Waals surface area contributed by atoms with Crippen LogP contribution in [0.25, 0.3) is 0 Å². The number of aryl methyl sites for hydroxylation is 2. The molecule has 118 valence electrons. The first-order chi connectivity index (χ1) is 11.2. The number of carbonyl (C=O) groups excluding carboxylic acids is 2. The Labute approximate surface area is 137 Å². The summed E-state index contributed by atoms with van der Waals surface area (Å²) in [4.78, 5) is 24.3. The molecule has 2 aliphatic rings. The Hall–Kier alpha value is -2.22. The Morgan fingerprint density at radius 1 is 0.565 bits per heavy atom. The number of rotatable bonds is 0. The van der Waals surface area contributed by atoms with Gasteiger partial charge in [-0.2, -0.15) is 0 Å². The van der Waals surface area contributed by atoms with Gasteiger partial charge in [-0.3, -0.25) is 9.59 Å². The van der Waals surface area contributed by atoms with Crippen LogP contribution in [0.5, 0.6) is 0 Å². The lowest BCUT2D eigenvalue weighted by atomic mass is 9.96. The smallest absolute Gasteiger partial charge is 0.137 e. The van der Waals surface area contributed by atoms with Gasteiger partial charge in [0.15, 0.2) is 0 Å². The predicted molar refractivity (Wildman–Crippen MR) is 91.6 cm³/mol. The third kappa shape index (κ3) is 4.62. The minimum absolute atomic E-state index is 0.270. The van der Waals surface area contributed by atoms with Crippen LogP contribution < -0.4 is 0 Å². The molecule has 0 saturated heterocycles. The number of Topliss-reactive ketones (excluding diaryl/α,β-unsaturated/α-hetero) is 2. The Morgan fingerprint density at radius 3 is 2.04 bits per heavy atom.